The minimum absolute atomic E-state index is 0.0242. The predicted molar refractivity (Wildman–Crippen MR) is 102 cm³/mol. The third-order valence-electron chi connectivity index (χ3n) is 4.15. The first-order valence-electron chi connectivity index (χ1n) is 9.22. The number of benzene rings is 2. The molecule has 0 aliphatic carbocycles. The number of aromatic nitrogens is 1. The Morgan fingerprint density at radius 3 is 2.41 bits per heavy atom. The zero-order chi connectivity index (χ0) is 23.4. The normalized spacial score (nSPS) is 11.9. The van der Waals surface area contributed by atoms with Crippen molar-refractivity contribution < 1.29 is 40.3 Å². The van der Waals surface area contributed by atoms with E-state index in [1.165, 1.54) is 6.20 Å². The fourth-order valence-corrected chi connectivity index (χ4v) is 2.68. The van der Waals surface area contributed by atoms with E-state index in [1.54, 1.807) is 24.3 Å². The Balaban J connectivity index is 1.68. The van der Waals surface area contributed by atoms with Gasteiger partial charge in [-0.1, -0.05) is 30.3 Å². The van der Waals surface area contributed by atoms with Crippen LogP contribution in [0, 0.1) is 0 Å². The van der Waals surface area contributed by atoms with E-state index in [0.29, 0.717) is 17.9 Å². The summed E-state index contributed by atoms with van der Waals surface area (Å²) < 4.78 is 86.3. The van der Waals surface area contributed by atoms with Crippen LogP contribution in [0.15, 0.2) is 59.1 Å². The average Bonchev–Trinajstić information content (AvgIpc) is 3.20. The number of carbonyl (C=O) groups excluding carboxylic acids is 1. The molecule has 0 radical (unpaired) electrons. The van der Waals surface area contributed by atoms with Gasteiger partial charge in [0, 0.05) is 18.4 Å². The van der Waals surface area contributed by atoms with E-state index >= 15 is 0 Å². The lowest BCUT2D eigenvalue weighted by Gasteiger charge is -2.16. The Bertz CT molecular complexity index is 1060. The molecular weight excluding hydrogens is 442 g/mol. The first-order chi connectivity index (χ1) is 15.0. The van der Waals surface area contributed by atoms with E-state index in [1.807, 2.05) is 6.07 Å². The number of anilines is 1. The third-order valence-corrected chi connectivity index (χ3v) is 4.15. The topological polar surface area (TPSA) is 64.4 Å². The van der Waals surface area contributed by atoms with Gasteiger partial charge in [-0.2, -0.15) is 26.3 Å². The molecule has 0 saturated carbocycles. The van der Waals surface area contributed by atoms with Crippen LogP contribution >= 0.6 is 0 Å². The lowest BCUT2D eigenvalue weighted by molar-refractivity contribution is -0.153. The monoisotopic (exact) mass is 458 g/mol. The van der Waals surface area contributed by atoms with Crippen molar-refractivity contribution >= 4 is 11.6 Å². The van der Waals surface area contributed by atoms with Crippen molar-refractivity contribution in [1.82, 2.24) is 4.98 Å². The number of oxazole rings is 1. The van der Waals surface area contributed by atoms with E-state index in [0.717, 1.165) is 11.6 Å². The fraction of sp³-hybridized carbons (Fsp3) is 0.238. The van der Waals surface area contributed by atoms with Crippen molar-refractivity contribution in [2.75, 3.05) is 11.9 Å². The second kappa shape index (κ2) is 9.33. The Morgan fingerprint density at radius 1 is 1.03 bits per heavy atom. The molecule has 0 bridgehead atoms. The van der Waals surface area contributed by atoms with Crippen molar-refractivity contribution in [3.8, 4) is 17.1 Å². The summed E-state index contributed by atoms with van der Waals surface area (Å²) in [5, 5.41) is 2.17. The molecule has 0 saturated heterocycles. The van der Waals surface area contributed by atoms with Crippen LogP contribution in [0.1, 0.15) is 17.9 Å². The molecule has 170 valence electrons. The highest BCUT2D eigenvalue weighted by molar-refractivity contribution is 5.92. The molecule has 3 rings (SSSR count). The number of amides is 1. The molecule has 5 nitrogen and oxygen atoms in total. The van der Waals surface area contributed by atoms with Crippen LogP contribution < -0.4 is 10.1 Å². The number of aryl methyl sites for hydroxylation is 1. The maximum atomic E-state index is 13.0. The van der Waals surface area contributed by atoms with Crippen LogP contribution in [0.2, 0.25) is 0 Å². The number of halogens is 6. The summed E-state index contributed by atoms with van der Waals surface area (Å²) in [5.41, 5.74) is -0.898. The Hall–Kier alpha value is -3.50. The molecule has 0 aliphatic heterocycles. The van der Waals surface area contributed by atoms with Crippen LogP contribution in [0.3, 0.4) is 0 Å². The van der Waals surface area contributed by atoms with Crippen molar-refractivity contribution in [3.05, 3.63) is 66.2 Å². The quantitative estimate of drug-likeness (QED) is 0.450. The Labute approximate surface area is 178 Å². The molecule has 0 spiro atoms. The largest absolute Gasteiger partial charge is 0.482 e. The molecule has 0 aliphatic rings. The molecule has 11 heteroatoms. The van der Waals surface area contributed by atoms with Gasteiger partial charge < -0.3 is 14.5 Å². The highest BCUT2D eigenvalue weighted by atomic mass is 19.4. The number of carbonyl (C=O) groups is 1. The van der Waals surface area contributed by atoms with Gasteiger partial charge >= 0.3 is 12.4 Å². The van der Waals surface area contributed by atoms with E-state index in [9.17, 15) is 31.1 Å². The molecule has 1 N–H and O–H groups in total. The smallest absolute Gasteiger partial charge is 0.422 e. The van der Waals surface area contributed by atoms with Crippen LogP contribution in [-0.4, -0.2) is 23.7 Å². The summed E-state index contributed by atoms with van der Waals surface area (Å²) in [5.74, 6) is -0.592. The first-order valence-corrected chi connectivity index (χ1v) is 9.22. The minimum Gasteiger partial charge on any atom is -0.482 e. The van der Waals surface area contributed by atoms with Gasteiger partial charge in [0.25, 0.3) is 0 Å². The summed E-state index contributed by atoms with van der Waals surface area (Å²) in [7, 11) is 0. The average molecular weight is 458 g/mol. The van der Waals surface area contributed by atoms with Gasteiger partial charge in [0.15, 0.2) is 18.3 Å². The molecule has 0 fully saturated rings. The van der Waals surface area contributed by atoms with E-state index < -0.39 is 41.9 Å². The molecule has 1 amide bonds. The van der Waals surface area contributed by atoms with Gasteiger partial charge in [-0.15, -0.1) is 0 Å². The fourth-order valence-electron chi connectivity index (χ4n) is 2.68. The minimum atomic E-state index is -4.76. The second-order valence-corrected chi connectivity index (χ2v) is 6.65. The maximum Gasteiger partial charge on any atom is 0.422 e. The molecule has 0 atom stereocenters. The second-order valence-electron chi connectivity index (χ2n) is 6.65. The summed E-state index contributed by atoms with van der Waals surface area (Å²) in [4.78, 5) is 16.3. The number of alkyl halides is 6. The van der Waals surface area contributed by atoms with Crippen LogP contribution in [0.25, 0.3) is 11.3 Å². The number of nitrogens with one attached hydrogen (secondary N) is 1. The van der Waals surface area contributed by atoms with Gasteiger partial charge in [0.05, 0.1) is 17.4 Å². The zero-order valence-electron chi connectivity index (χ0n) is 16.3. The number of hydrogen-bond acceptors (Lipinski definition) is 4. The Kier molecular flexibility index (Phi) is 6.75. The molecule has 0 unspecified atom stereocenters. The molecule has 1 heterocycles. The van der Waals surface area contributed by atoms with Crippen LogP contribution in [0.5, 0.6) is 5.75 Å². The van der Waals surface area contributed by atoms with E-state index in [-0.39, 0.29) is 18.7 Å². The van der Waals surface area contributed by atoms with Gasteiger partial charge in [-0.3, -0.25) is 4.79 Å². The van der Waals surface area contributed by atoms with Gasteiger partial charge in [-0.05, 0) is 18.2 Å². The maximum absolute atomic E-state index is 13.0. The number of rotatable bonds is 7. The van der Waals surface area contributed by atoms with Crippen LogP contribution in [0.4, 0.5) is 32.0 Å². The zero-order valence-corrected chi connectivity index (χ0v) is 16.3. The highest BCUT2D eigenvalue weighted by Gasteiger charge is 2.33. The third kappa shape index (κ3) is 6.50. The molecular formula is C21H16F6N2O3. The molecule has 2 aromatic carbocycles. The van der Waals surface area contributed by atoms with E-state index in [4.69, 9.17) is 4.42 Å². The first kappa shape index (κ1) is 23.2. The van der Waals surface area contributed by atoms with Crippen molar-refractivity contribution in [2.24, 2.45) is 0 Å². The summed E-state index contributed by atoms with van der Waals surface area (Å²) in [6, 6.07) is 10.8. The summed E-state index contributed by atoms with van der Waals surface area (Å²) in [6.45, 7) is -1.72. The SMILES string of the molecule is O=C(CCc1ncc(-c2ccccc2)o1)Nc1cc(C(F)(F)F)ccc1OCC(F)(F)F. The summed E-state index contributed by atoms with van der Waals surface area (Å²) >= 11 is 0. The van der Waals surface area contributed by atoms with Crippen LogP contribution in [-0.2, 0) is 17.4 Å². The van der Waals surface area contributed by atoms with Gasteiger partial charge in [0.1, 0.15) is 5.75 Å². The lowest BCUT2D eigenvalue weighted by atomic mass is 10.1. The highest BCUT2D eigenvalue weighted by Crippen LogP contribution is 2.35. The van der Waals surface area contributed by atoms with Crippen molar-refractivity contribution in [1.29, 1.82) is 0 Å². The number of ether oxygens (including phenoxy) is 1. The van der Waals surface area contributed by atoms with Gasteiger partial charge in [-0.25, -0.2) is 4.98 Å². The predicted octanol–water partition coefficient (Wildman–Crippen LogP) is 5.87. The van der Waals surface area contributed by atoms with E-state index in [2.05, 4.69) is 15.0 Å². The molecule has 32 heavy (non-hydrogen) atoms. The van der Waals surface area contributed by atoms with Gasteiger partial charge in [0.2, 0.25) is 5.91 Å². The molecule has 1 aromatic heterocycles. The lowest BCUT2D eigenvalue weighted by Crippen LogP contribution is -2.21. The standard InChI is InChI=1S/C21H16F6N2O3/c22-20(23,24)12-31-16-7-6-14(21(25,26)27)10-15(16)29-18(30)8-9-19-28-11-17(32-19)13-4-2-1-3-5-13/h1-7,10-11H,8-9,12H2,(H,29,30). The number of nitrogens with zero attached hydrogens (tertiary/aromatic N) is 1. The summed E-state index contributed by atoms with van der Waals surface area (Å²) in [6.07, 6.45) is -8.20. The molecule has 3 aromatic rings. The number of hydrogen-bond donors (Lipinski definition) is 1. The van der Waals surface area contributed by atoms with Crippen molar-refractivity contribution in [2.45, 2.75) is 25.2 Å². The van der Waals surface area contributed by atoms with Crippen molar-refractivity contribution in [3.63, 3.8) is 0 Å². The Morgan fingerprint density at radius 2 is 1.75 bits per heavy atom.